The number of benzene rings is 1. The van der Waals surface area contributed by atoms with Gasteiger partial charge in [-0.3, -0.25) is 4.98 Å². The fourth-order valence-electron chi connectivity index (χ4n) is 2.05. The topological polar surface area (TPSA) is 34.1 Å². The minimum atomic E-state index is -0.329. The lowest BCUT2D eigenvalue weighted by Gasteiger charge is -2.17. The molecule has 106 valence electrons. The lowest BCUT2D eigenvalue weighted by atomic mass is 10.0. The van der Waals surface area contributed by atoms with Crippen LogP contribution in [0.2, 0.25) is 0 Å². The van der Waals surface area contributed by atoms with Crippen LogP contribution in [0.4, 0.5) is 4.39 Å². The largest absolute Gasteiger partial charge is 0.491 e. The van der Waals surface area contributed by atoms with Crippen molar-refractivity contribution in [3.63, 3.8) is 0 Å². The molecule has 0 aliphatic rings. The molecule has 1 aromatic heterocycles. The van der Waals surface area contributed by atoms with E-state index in [0.717, 1.165) is 17.0 Å². The Morgan fingerprint density at radius 3 is 2.30 bits per heavy atom. The van der Waals surface area contributed by atoms with Gasteiger partial charge in [0.2, 0.25) is 0 Å². The van der Waals surface area contributed by atoms with Gasteiger partial charge in [-0.1, -0.05) is 12.1 Å². The van der Waals surface area contributed by atoms with E-state index >= 15 is 0 Å². The van der Waals surface area contributed by atoms with Crippen molar-refractivity contribution in [2.75, 3.05) is 7.05 Å². The van der Waals surface area contributed by atoms with E-state index in [4.69, 9.17) is 4.74 Å². The molecule has 0 saturated carbocycles. The van der Waals surface area contributed by atoms with Crippen LogP contribution in [0.15, 0.2) is 42.6 Å². The van der Waals surface area contributed by atoms with Crippen molar-refractivity contribution in [1.29, 1.82) is 0 Å². The molecule has 2 rings (SSSR count). The van der Waals surface area contributed by atoms with E-state index < -0.39 is 0 Å². The number of nitrogens with zero attached hydrogens (tertiary/aromatic N) is 1. The van der Waals surface area contributed by atoms with Crippen LogP contribution in [0.5, 0.6) is 5.75 Å². The van der Waals surface area contributed by atoms with Crippen molar-refractivity contribution < 1.29 is 9.13 Å². The number of nitrogens with one attached hydrogen (secondary N) is 1. The van der Waals surface area contributed by atoms with Gasteiger partial charge in [0.05, 0.1) is 24.0 Å². The Bertz CT molecular complexity index is 537. The smallest absolute Gasteiger partial charge is 0.141 e. The Balaban J connectivity index is 2.21. The summed E-state index contributed by atoms with van der Waals surface area (Å²) in [6, 6.07) is 10.9. The predicted octanol–water partition coefficient (Wildman–Crippen LogP) is 3.32. The first kappa shape index (κ1) is 14.5. The van der Waals surface area contributed by atoms with Crippen molar-refractivity contribution in [2.45, 2.75) is 26.0 Å². The van der Waals surface area contributed by atoms with E-state index in [0.29, 0.717) is 0 Å². The number of halogens is 1. The third-order valence-corrected chi connectivity index (χ3v) is 2.92. The molecule has 0 bridgehead atoms. The van der Waals surface area contributed by atoms with Gasteiger partial charge in [0, 0.05) is 0 Å². The molecule has 1 unspecified atom stereocenters. The molecule has 0 radical (unpaired) electrons. The average Bonchev–Trinajstić information content (AvgIpc) is 2.43. The summed E-state index contributed by atoms with van der Waals surface area (Å²) in [7, 11) is 1.86. The molecule has 1 heterocycles. The Kier molecular flexibility index (Phi) is 4.69. The molecular formula is C16H19FN2O. The number of hydrogen-bond acceptors (Lipinski definition) is 3. The molecular weight excluding hydrogens is 255 g/mol. The van der Waals surface area contributed by atoms with Crippen molar-refractivity contribution in [3.05, 3.63) is 59.7 Å². The average molecular weight is 274 g/mol. The summed E-state index contributed by atoms with van der Waals surface area (Å²) in [4.78, 5) is 4.13. The monoisotopic (exact) mass is 274 g/mol. The normalized spacial score (nSPS) is 12.4. The Morgan fingerprint density at radius 2 is 1.80 bits per heavy atom. The summed E-state index contributed by atoms with van der Waals surface area (Å²) in [6.07, 6.45) is 1.38. The second-order valence-corrected chi connectivity index (χ2v) is 4.86. The molecule has 3 nitrogen and oxygen atoms in total. The van der Waals surface area contributed by atoms with E-state index in [1.165, 1.54) is 12.3 Å². The van der Waals surface area contributed by atoms with Crippen LogP contribution in [0.25, 0.3) is 0 Å². The number of hydrogen-bond donors (Lipinski definition) is 1. The van der Waals surface area contributed by atoms with Gasteiger partial charge in [0.15, 0.2) is 0 Å². The van der Waals surface area contributed by atoms with Crippen LogP contribution in [-0.2, 0) is 0 Å². The molecule has 0 saturated heterocycles. The molecule has 1 atom stereocenters. The summed E-state index contributed by atoms with van der Waals surface area (Å²) >= 11 is 0. The summed E-state index contributed by atoms with van der Waals surface area (Å²) in [6.45, 7) is 3.99. The van der Waals surface area contributed by atoms with Crippen LogP contribution < -0.4 is 10.1 Å². The first-order chi connectivity index (χ1) is 9.60. The molecule has 1 aromatic carbocycles. The molecule has 0 aliphatic carbocycles. The van der Waals surface area contributed by atoms with Gasteiger partial charge < -0.3 is 10.1 Å². The van der Waals surface area contributed by atoms with Crippen molar-refractivity contribution in [2.24, 2.45) is 0 Å². The SMILES string of the molecule is CNC(c1ccc(OC(C)C)cc1)c1ccc(F)cn1. The van der Waals surface area contributed by atoms with Crippen molar-refractivity contribution >= 4 is 0 Å². The minimum absolute atomic E-state index is 0.0660. The van der Waals surface area contributed by atoms with E-state index in [-0.39, 0.29) is 18.0 Å². The first-order valence-electron chi connectivity index (χ1n) is 6.65. The molecule has 4 heteroatoms. The highest BCUT2D eigenvalue weighted by Crippen LogP contribution is 2.23. The maximum absolute atomic E-state index is 12.9. The van der Waals surface area contributed by atoms with Crippen LogP contribution in [0.3, 0.4) is 0 Å². The fourth-order valence-corrected chi connectivity index (χ4v) is 2.05. The Morgan fingerprint density at radius 1 is 1.10 bits per heavy atom. The fraction of sp³-hybridized carbons (Fsp3) is 0.312. The maximum atomic E-state index is 12.9. The standard InChI is InChI=1S/C16H19FN2O/c1-11(2)20-14-7-4-12(5-8-14)16(18-3)15-9-6-13(17)10-19-15/h4-11,16,18H,1-3H3. The molecule has 0 amide bonds. The van der Waals surface area contributed by atoms with E-state index in [1.807, 2.05) is 45.2 Å². The Labute approximate surface area is 118 Å². The maximum Gasteiger partial charge on any atom is 0.141 e. The predicted molar refractivity (Wildman–Crippen MR) is 77.3 cm³/mol. The summed E-state index contributed by atoms with van der Waals surface area (Å²) in [5, 5.41) is 3.19. The molecule has 0 spiro atoms. The van der Waals surface area contributed by atoms with E-state index in [9.17, 15) is 4.39 Å². The van der Waals surface area contributed by atoms with Crippen molar-refractivity contribution in [1.82, 2.24) is 10.3 Å². The number of ether oxygens (including phenoxy) is 1. The van der Waals surface area contributed by atoms with E-state index in [1.54, 1.807) is 6.07 Å². The molecule has 1 N–H and O–H groups in total. The number of rotatable bonds is 5. The highest BCUT2D eigenvalue weighted by atomic mass is 19.1. The number of pyridine rings is 1. The van der Waals surface area contributed by atoms with Crippen LogP contribution >= 0.6 is 0 Å². The van der Waals surface area contributed by atoms with Gasteiger partial charge in [0.25, 0.3) is 0 Å². The third-order valence-electron chi connectivity index (χ3n) is 2.92. The zero-order chi connectivity index (χ0) is 14.5. The van der Waals surface area contributed by atoms with Crippen LogP contribution in [-0.4, -0.2) is 18.1 Å². The zero-order valence-corrected chi connectivity index (χ0v) is 11.9. The van der Waals surface area contributed by atoms with Gasteiger partial charge in [-0.2, -0.15) is 0 Å². The lowest BCUT2D eigenvalue weighted by Crippen LogP contribution is -2.18. The van der Waals surface area contributed by atoms with Gasteiger partial charge in [0.1, 0.15) is 11.6 Å². The van der Waals surface area contributed by atoms with Crippen LogP contribution in [0.1, 0.15) is 31.1 Å². The third kappa shape index (κ3) is 3.54. The van der Waals surface area contributed by atoms with Gasteiger partial charge in [-0.25, -0.2) is 4.39 Å². The zero-order valence-electron chi connectivity index (χ0n) is 11.9. The number of aromatic nitrogens is 1. The second kappa shape index (κ2) is 6.48. The Hall–Kier alpha value is -1.94. The molecule has 20 heavy (non-hydrogen) atoms. The van der Waals surface area contributed by atoms with E-state index in [2.05, 4.69) is 10.3 Å². The van der Waals surface area contributed by atoms with Gasteiger partial charge in [-0.15, -0.1) is 0 Å². The lowest BCUT2D eigenvalue weighted by molar-refractivity contribution is 0.242. The summed E-state index contributed by atoms with van der Waals surface area (Å²) in [5.41, 5.74) is 1.84. The quantitative estimate of drug-likeness (QED) is 0.908. The highest BCUT2D eigenvalue weighted by molar-refractivity contribution is 5.33. The van der Waals surface area contributed by atoms with Gasteiger partial charge in [-0.05, 0) is 50.7 Å². The molecule has 0 aliphatic heterocycles. The second-order valence-electron chi connectivity index (χ2n) is 4.86. The van der Waals surface area contributed by atoms with Gasteiger partial charge >= 0.3 is 0 Å². The first-order valence-corrected chi connectivity index (χ1v) is 6.65. The minimum Gasteiger partial charge on any atom is -0.491 e. The highest BCUT2D eigenvalue weighted by Gasteiger charge is 2.13. The summed E-state index contributed by atoms with van der Waals surface area (Å²) in [5.74, 6) is 0.509. The molecule has 2 aromatic rings. The molecule has 0 fully saturated rings. The summed E-state index contributed by atoms with van der Waals surface area (Å²) < 4.78 is 18.5. The van der Waals surface area contributed by atoms with Crippen molar-refractivity contribution in [3.8, 4) is 5.75 Å². The van der Waals surface area contributed by atoms with Crippen LogP contribution in [0, 0.1) is 5.82 Å².